The van der Waals surface area contributed by atoms with E-state index >= 15 is 0 Å². The summed E-state index contributed by atoms with van der Waals surface area (Å²) in [5, 5.41) is 0. The van der Waals surface area contributed by atoms with E-state index in [0.29, 0.717) is 0 Å². The fraction of sp³-hybridized carbons (Fsp3) is 1.00. The Kier molecular flexibility index (Phi) is 1.69. The first kappa shape index (κ1) is 7.56. The van der Waals surface area contributed by atoms with E-state index in [1.54, 1.807) is 0 Å². The van der Waals surface area contributed by atoms with Gasteiger partial charge in [-0.3, -0.25) is 4.90 Å². The molecule has 0 aromatic carbocycles. The molecule has 1 aliphatic carbocycles. The van der Waals surface area contributed by atoms with Crippen molar-refractivity contribution in [2.45, 2.75) is 31.7 Å². The Morgan fingerprint density at radius 3 is 2.55 bits per heavy atom. The second-order valence-electron chi connectivity index (χ2n) is 4.60. The summed E-state index contributed by atoms with van der Waals surface area (Å²) in [5.74, 6) is 1.07. The highest BCUT2D eigenvalue weighted by Gasteiger charge is 2.35. The van der Waals surface area contributed by atoms with Gasteiger partial charge in [-0.15, -0.1) is 0 Å². The number of likely N-dealkylation sites (tertiary alicyclic amines) is 1. The van der Waals surface area contributed by atoms with E-state index in [2.05, 4.69) is 11.8 Å². The lowest BCUT2D eigenvalue weighted by Crippen LogP contribution is -2.65. The van der Waals surface area contributed by atoms with Crippen molar-refractivity contribution in [3.8, 4) is 0 Å². The Morgan fingerprint density at radius 2 is 2.09 bits per heavy atom. The van der Waals surface area contributed by atoms with Crippen LogP contribution in [0.15, 0.2) is 0 Å². The molecule has 2 rings (SSSR count). The van der Waals surface area contributed by atoms with E-state index in [4.69, 9.17) is 5.73 Å². The van der Waals surface area contributed by atoms with Gasteiger partial charge in [0.25, 0.3) is 0 Å². The molecule has 1 saturated carbocycles. The summed E-state index contributed by atoms with van der Waals surface area (Å²) < 4.78 is 0. The van der Waals surface area contributed by atoms with Crippen LogP contribution >= 0.6 is 0 Å². The average molecular weight is 154 g/mol. The summed E-state index contributed by atoms with van der Waals surface area (Å²) in [6.07, 6.45) is 4.37. The van der Waals surface area contributed by atoms with Gasteiger partial charge in [-0.2, -0.15) is 0 Å². The van der Waals surface area contributed by atoms with Crippen LogP contribution in [0.3, 0.4) is 0 Å². The molecule has 2 N–H and O–H groups in total. The minimum absolute atomic E-state index is 0.129. The topological polar surface area (TPSA) is 29.3 Å². The Hall–Kier alpha value is -0.0800. The second-order valence-corrected chi connectivity index (χ2v) is 4.60. The van der Waals surface area contributed by atoms with Crippen LogP contribution in [0.25, 0.3) is 0 Å². The SMILES string of the molecule is CC1(N)CN(CCC2CC2)C1. The van der Waals surface area contributed by atoms with Crippen LogP contribution < -0.4 is 5.73 Å². The van der Waals surface area contributed by atoms with Gasteiger partial charge in [0.15, 0.2) is 0 Å². The minimum Gasteiger partial charge on any atom is -0.323 e. The third kappa shape index (κ3) is 1.94. The summed E-state index contributed by atoms with van der Waals surface area (Å²) in [6.45, 7) is 5.65. The largest absolute Gasteiger partial charge is 0.323 e. The maximum absolute atomic E-state index is 5.89. The number of hydrogen-bond acceptors (Lipinski definition) is 2. The molecular weight excluding hydrogens is 136 g/mol. The third-order valence-electron chi connectivity index (χ3n) is 2.72. The summed E-state index contributed by atoms with van der Waals surface area (Å²) in [6, 6.07) is 0. The summed E-state index contributed by atoms with van der Waals surface area (Å²) in [7, 11) is 0. The zero-order valence-electron chi connectivity index (χ0n) is 7.34. The lowest BCUT2D eigenvalue weighted by atomic mass is 9.93. The van der Waals surface area contributed by atoms with E-state index in [9.17, 15) is 0 Å². The van der Waals surface area contributed by atoms with Crippen molar-refractivity contribution in [2.75, 3.05) is 19.6 Å². The number of hydrogen-bond donors (Lipinski definition) is 1. The van der Waals surface area contributed by atoms with Crippen molar-refractivity contribution in [1.29, 1.82) is 0 Å². The molecule has 1 aliphatic heterocycles. The van der Waals surface area contributed by atoms with E-state index in [1.807, 2.05) is 0 Å². The molecule has 1 saturated heterocycles. The lowest BCUT2D eigenvalue weighted by molar-refractivity contribution is 0.0813. The van der Waals surface area contributed by atoms with E-state index in [-0.39, 0.29) is 5.54 Å². The molecule has 0 atom stereocenters. The number of nitrogens with zero attached hydrogens (tertiary/aromatic N) is 1. The van der Waals surface area contributed by atoms with Gasteiger partial charge in [-0.1, -0.05) is 12.8 Å². The van der Waals surface area contributed by atoms with Gasteiger partial charge in [0, 0.05) is 18.6 Å². The Morgan fingerprint density at radius 1 is 1.45 bits per heavy atom. The fourth-order valence-corrected chi connectivity index (χ4v) is 1.91. The van der Waals surface area contributed by atoms with Gasteiger partial charge in [0.1, 0.15) is 0 Å². The summed E-state index contributed by atoms with van der Waals surface area (Å²) >= 11 is 0. The van der Waals surface area contributed by atoms with Crippen LogP contribution in [-0.2, 0) is 0 Å². The van der Waals surface area contributed by atoms with Crippen LogP contribution in [0.5, 0.6) is 0 Å². The van der Waals surface area contributed by atoms with Crippen LogP contribution in [-0.4, -0.2) is 30.1 Å². The van der Waals surface area contributed by atoms with E-state index < -0.39 is 0 Å². The third-order valence-corrected chi connectivity index (χ3v) is 2.72. The highest BCUT2D eigenvalue weighted by Crippen LogP contribution is 2.33. The Balaban J connectivity index is 1.59. The zero-order valence-corrected chi connectivity index (χ0v) is 7.34. The highest BCUT2D eigenvalue weighted by molar-refractivity contribution is 4.96. The molecule has 11 heavy (non-hydrogen) atoms. The minimum atomic E-state index is 0.129. The lowest BCUT2D eigenvalue weighted by Gasteiger charge is -2.45. The smallest absolute Gasteiger partial charge is 0.0383 e. The van der Waals surface area contributed by atoms with Crippen molar-refractivity contribution in [2.24, 2.45) is 11.7 Å². The maximum Gasteiger partial charge on any atom is 0.0383 e. The number of nitrogens with two attached hydrogens (primary N) is 1. The zero-order chi connectivity index (χ0) is 7.90. The summed E-state index contributed by atoms with van der Waals surface area (Å²) in [5.41, 5.74) is 6.02. The molecule has 0 unspecified atom stereocenters. The van der Waals surface area contributed by atoms with E-state index in [1.165, 1.54) is 25.8 Å². The molecule has 0 spiro atoms. The second kappa shape index (κ2) is 2.46. The molecule has 64 valence electrons. The van der Waals surface area contributed by atoms with Crippen molar-refractivity contribution in [3.63, 3.8) is 0 Å². The normalized spacial score (nSPS) is 30.0. The van der Waals surface area contributed by atoms with Crippen LogP contribution in [0.2, 0.25) is 0 Å². The van der Waals surface area contributed by atoms with Gasteiger partial charge in [-0.25, -0.2) is 0 Å². The molecule has 0 amide bonds. The molecule has 2 nitrogen and oxygen atoms in total. The van der Waals surface area contributed by atoms with Crippen LogP contribution in [0.1, 0.15) is 26.2 Å². The molecule has 2 aliphatic rings. The molecule has 0 radical (unpaired) electrons. The quantitative estimate of drug-likeness (QED) is 0.652. The van der Waals surface area contributed by atoms with Crippen molar-refractivity contribution in [3.05, 3.63) is 0 Å². The van der Waals surface area contributed by atoms with Crippen molar-refractivity contribution in [1.82, 2.24) is 4.90 Å². The predicted molar refractivity (Wildman–Crippen MR) is 46.4 cm³/mol. The Bertz CT molecular complexity index is 142. The molecular formula is C9H18N2. The van der Waals surface area contributed by atoms with Gasteiger partial charge in [0.05, 0.1) is 0 Å². The van der Waals surface area contributed by atoms with Gasteiger partial charge >= 0.3 is 0 Å². The van der Waals surface area contributed by atoms with Gasteiger partial charge < -0.3 is 5.73 Å². The van der Waals surface area contributed by atoms with Gasteiger partial charge in [-0.05, 0) is 25.8 Å². The molecule has 1 heterocycles. The first-order valence-corrected chi connectivity index (χ1v) is 4.67. The van der Waals surface area contributed by atoms with E-state index in [0.717, 1.165) is 19.0 Å². The molecule has 0 bridgehead atoms. The fourth-order valence-electron chi connectivity index (χ4n) is 1.91. The first-order valence-electron chi connectivity index (χ1n) is 4.67. The van der Waals surface area contributed by atoms with Crippen molar-refractivity contribution < 1.29 is 0 Å². The van der Waals surface area contributed by atoms with Crippen LogP contribution in [0, 0.1) is 5.92 Å². The summed E-state index contributed by atoms with van der Waals surface area (Å²) in [4.78, 5) is 2.47. The standard InChI is InChI=1S/C9H18N2/c1-9(10)6-11(7-9)5-4-8-2-3-8/h8H,2-7,10H2,1H3. The monoisotopic (exact) mass is 154 g/mol. The predicted octanol–water partition coefficient (Wildman–Crippen LogP) is 0.819. The molecule has 2 fully saturated rings. The molecule has 0 aromatic rings. The Labute approximate surface area is 68.7 Å². The van der Waals surface area contributed by atoms with Crippen LogP contribution in [0.4, 0.5) is 0 Å². The van der Waals surface area contributed by atoms with Gasteiger partial charge in [0.2, 0.25) is 0 Å². The van der Waals surface area contributed by atoms with Crippen molar-refractivity contribution >= 4 is 0 Å². The number of rotatable bonds is 3. The average Bonchev–Trinajstić information content (AvgIpc) is 2.60. The molecule has 2 heteroatoms. The first-order chi connectivity index (χ1) is 5.16. The molecule has 0 aromatic heterocycles. The maximum atomic E-state index is 5.89. The highest BCUT2D eigenvalue weighted by atomic mass is 15.2.